The Bertz CT molecular complexity index is 221. The fourth-order valence-corrected chi connectivity index (χ4v) is 0.802. The van der Waals surface area contributed by atoms with Gasteiger partial charge in [-0.3, -0.25) is 5.41 Å². The number of nitrogens with one attached hydrogen (secondary N) is 1. The molecule has 1 heterocycles. The Morgan fingerprint density at radius 1 is 1.70 bits per heavy atom. The third-order valence-electron chi connectivity index (χ3n) is 1.26. The van der Waals surface area contributed by atoms with Gasteiger partial charge in [0.15, 0.2) is 5.84 Å². The molecule has 0 spiro atoms. The van der Waals surface area contributed by atoms with Gasteiger partial charge in [-0.1, -0.05) is 19.1 Å². The van der Waals surface area contributed by atoms with Crippen LogP contribution in [0.2, 0.25) is 0 Å². The molecule has 1 N–H and O–H groups in total. The fourth-order valence-electron chi connectivity index (χ4n) is 0.802. The minimum absolute atomic E-state index is 0.365. The van der Waals surface area contributed by atoms with E-state index in [2.05, 4.69) is 4.99 Å². The van der Waals surface area contributed by atoms with Crippen LogP contribution in [0.15, 0.2) is 28.8 Å². The summed E-state index contributed by atoms with van der Waals surface area (Å²) in [5.41, 5.74) is 0.921. The Balaban J connectivity index is 2.80. The Labute approximate surface area is 60.5 Å². The normalized spacial score (nSPS) is 20.5. The van der Waals surface area contributed by atoms with E-state index >= 15 is 0 Å². The van der Waals surface area contributed by atoms with Gasteiger partial charge in [-0.2, -0.15) is 0 Å². The van der Waals surface area contributed by atoms with Crippen LogP contribution in [0.1, 0.15) is 13.3 Å². The van der Waals surface area contributed by atoms with Gasteiger partial charge in [0.25, 0.3) is 0 Å². The molecule has 0 amide bonds. The molecule has 10 heavy (non-hydrogen) atoms. The highest BCUT2D eigenvalue weighted by Crippen LogP contribution is 2.04. The molecule has 0 saturated carbocycles. The maximum Gasteiger partial charge on any atom is 0.151 e. The zero-order valence-corrected chi connectivity index (χ0v) is 5.96. The molecule has 0 aromatic carbocycles. The molecule has 0 aliphatic carbocycles. The van der Waals surface area contributed by atoms with E-state index in [0.29, 0.717) is 5.84 Å². The predicted molar refractivity (Wildman–Crippen MR) is 43.7 cm³/mol. The topological polar surface area (TPSA) is 36.2 Å². The summed E-state index contributed by atoms with van der Waals surface area (Å²) in [6.45, 7) is 2.05. The molecule has 2 nitrogen and oxygen atoms in total. The van der Waals surface area contributed by atoms with E-state index < -0.39 is 0 Å². The molecule has 0 radical (unpaired) electrons. The number of dihydropyridines is 1. The number of aliphatic imine (C=N–C) groups is 1. The van der Waals surface area contributed by atoms with Gasteiger partial charge in [0.05, 0.1) is 0 Å². The summed E-state index contributed by atoms with van der Waals surface area (Å²) in [5, 5.41) is 7.33. The van der Waals surface area contributed by atoms with Crippen molar-refractivity contribution in [3.63, 3.8) is 0 Å². The summed E-state index contributed by atoms with van der Waals surface area (Å²) in [5.74, 6) is 0.365. The van der Waals surface area contributed by atoms with E-state index in [-0.39, 0.29) is 0 Å². The lowest BCUT2D eigenvalue weighted by Crippen LogP contribution is -1.98. The van der Waals surface area contributed by atoms with Crippen LogP contribution in [0.4, 0.5) is 0 Å². The third kappa shape index (κ3) is 1.41. The van der Waals surface area contributed by atoms with E-state index in [1.165, 1.54) is 0 Å². The van der Waals surface area contributed by atoms with Crippen LogP contribution in [0.3, 0.4) is 0 Å². The second kappa shape index (κ2) is 3.11. The number of hydrogen-bond donors (Lipinski definition) is 1. The highest BCUT2D eigenvalue weighted by atomic mass is 14.8. The maximum absolute atomic E-state index is 7.33. The van der Waals surface area contributed by atoms with E-state index in [0.717, 1.165) is 12.0 Å². The van der Waals surface area contributed by atoms with Crippen LogP contribution < -0.4 is 0 Å². The minimum atomic E-state index is 0.365. The summed E-state index contributed by atoms with van der Waals surface area (Å²) in [7, 11) is 0. The van der Waals surface area contributed by atoms with Crippen LogP contribution in [-0.4, -0.2) is 12.1 Å². The highest BCUT2D eigenvalue weighted by molar-refractivity contribution is 6.06. The van der Waals surface area contributed by atoms with Crippen molar-refractivity contribution >= 4 is 12.1 Å². The quantitative estimate of drug-likeness (QED) is 0.569. The summed E-state index contributed by atoms with van der Waals surface area (Å²) in [6.07, 6.45) is 8.33. The van der Waals surface area contributed by atoms with Crippen molar-refractivity contribution < 1.29 is 0 Å². The number of hydrogen-bond acceptors (Lipinski definition) is 1. The highest BCUT2D eigenvalue weighted by Gasteiger charge is 1.99. The molecule has 0 aromatic rings. The molecule has 0 saturated heterocycles. The van der Waals surface area contributed by atoms with Crippen LogP contribution in [0.25, 0.3) is 0 Å². The molecular weight excluding hydrogens is 124 g/mol. The van der Waals surface area contributed by atoms with Crippen molar-refractivity contribution in [2.24, 2.45) is 4.99 Å². The lowest BCUT2D eigenvalue weighted by Gasteiger charge is -2.00. The second-order valence-electron chi connectivity index (χ2n) is 2.05. The lowest BCUT2D eigenvalue weighted by molar-refractivity contribution is 1.21. The van der Waals surface area contributed by atoms with Crippen molar-refractivity contribution in [2.75, 3.05) is 0 Å². The van der Waals surface area contributed by atoms with E-state index in [9.17, 15) is 0 Å². The summed E-state index contributed by atoms with van der Waals surface area (Å²) >= 11 is 0. The predicted octanol–water partition coefficient (Wildman–Crippen LogP) is 1.94. The summed E-state index contributed by atoms with van der Waals surface area (Å²) in [4.78, 5) is 3.83. The maximum atomic E-state index is 7.33. The van der Waals surface area contributed by atoms with Gasteiger partial charge in [0.1, 0.15) is 0 Å². The molecule has 1 aliphatic heterocycles. The standard InChI is InChI=1S/C8H10N2/c1-2-4-7-5-3-6-10-8(7)9/h3-6,9H,2H2,1H3/b7-4-,9-8?. The van der Waals surface area contributed by atoms with Gasteiger partial charge >= 0.3 is 0 Å². The average Bonchev–Trinajstić information content (AvgIpc) is 1.94. The van der Waals surface area contributed by atoms with Crippen LogP contribution >= 0.6 is 0 Å². The zero-order chi connectivity index (χ0) is 7.40. The SMILES string of the molecule is CC/C=C1/C=CC=NC1=N. The van der Waals surface area contributed by atoms with Gasteiger partial charge in [-0.15, -0.1) is 0 Å². The van der Waals surface area contributed by atoms with E-state index in [1.54, 1.807) is 6.21 Å². The molecule has 0 aromatic heterocycles. The first kappa shape index (κ1) is 6.93. The Morgan fingerprint density at radius 3 is 3.10 bits per heavy atom. The van der Waals surface area contributed by atoms with Crippen LogP contribution in [0, 0.1) is 5.41 Å². The van der Waals surface area contributed by atoms with Crippen molar-refractivity contribution in [1.29, 1.82) is 5.41 Å². The molecule has 1 rings (SSSR count). The molecular formula is C8H10N2. The number of nitrogens with zero attached hydrogens (tertiary/aromatic N) is 1. The molecule has 0 bridgehead atoms. The molecule has 1 aliphatic rings. The monoisotopic (exact) mass is 134 g/mol. The van der Waals surface area contributed by atoms with Crippen molar-refractivity contribution in [2.45, 2.75) is 13.3 Å². The first-order valence-corrected chi connectivity index (χ1v) is 3.34. The lowest BCUT2D eigenvalue weighted by atomic mass is 10.1. The summed E-state index contributed by atoms with van der Waals surface area (Å²) in [6, 6.07) is 0. The van der Waals surface area contributed by atoms with Crippen molar-refractivity contribution in [3.05, 3.63) is 23.8 Å². The first-order valence-electron chi connectivity index (χ1n) is 3.34. The summed E-state index contributed by atoms with van der Waals surface area (Å²) < 4.78 is 0. The van der Waals surface area contributed by atoms with Crippen molar-refractivity contribution in [3.8, 4) is 0 Å². The number of rotatable bonds is 1. The van der Waals surface area contributed by atoms with Crippen molar-refractivity contribution in [1.82, 2.24) is 0 Å². The van der Waals surface area contributed by atoms with Gasteiger partial charge < -0.3 is 0 Å². The van der Waals surface area contributed by atoms with Gasteiger partial charge in [0.2, 0.25) is 0 Å². The molecule has 0 unspecified atom stereocenters. The molecule has 0 atom stereocenters. The van der Waals surface area contributed by atoms with Gasteiger partial charge in [-0.05, 0) is 12.5 Å². The van der Waals surface area contributed by atoms with E-state index in [1.807, 2.05) is 25.2 Å². The minimum Gasteiger partial charge on any atom is -0.282 e. The zero-order valence-electron chi connectivity index (χ0n) is 5.96. The largest absolute Gasteiger partial charge is 0.282 e. The smallest absolute Gasteiger partial charge is 0.151 e. The van der Waals surface area contributed by atoms with Crippen LogP contribution in [-0.2, 0) is 0 Å². The number of allylic oxidation sites excluding steroid dienone is 2. The van der Waals surface area contributed by atoms with Gasteiger partial charge in [-0.25, -0.2) is 4.99 Å². The Kier molecular flexibility index (Phi) is 2.15. The van der Waals surface area contributed by atoms with Gasteiger partial charge in [0, 0.05) is 11.8 Å². The number of amidine groups is 1. The second-order valence-corrected chi connectivity index (χ2v) is 2.05. The third-order valence-corrected chi connectivity index (χ3v) is 1.26. The first-order chi connectivity index (χ1) is 4.84. The molecule has 2 heteroatoms. The molecule has 52 valence electrons. The Morgan fingerprint density at radius 2 is 2.50 bits per heavy atom. The molecule has 0 fully saturated rings. The fraction of sp³-hybridized carbons (Fsp3) is 0.250. The van der Waals surface area contributed by atoms with E-state index in [4.69, 9.17) is 5.41 Å². The van der Waals surface area contributed by atoms with Crippen LogP contribution in [0.5, 0.6) is 0 Å². The Hall–Kier alpha value is -1.18. The average molecular weight is 134 g/mol.